The quantitative estimate of drug-likeness (QED) is 0.824. The molecule has 0 aliphatic carbocycles. The maximum atomic E-state index is 13.2. The fourth-order valence-electron chi connectivity index (χ4n) is 5.45. The molecule has 3 aliphatic rings. The summed E-state index contributed by atoms with van der Waals surface area (Å²) in [6, 6.07) is 6.18. The highest BCUT2D eigenvalue weighted by atomic mass is 19.4. The Morgan fingerprint density at radius 3 is 2.79 bits per heavy atom. The summed E-state index contributed by atoms with van der Waals surface area (Å²) in [5.41, 5.74) is -0.690. The number of nitrogens with one attached hydrogen (secondary N) is 2. The molecule has 7 heteroatoms. The zero-order valence-electron chi connectivity index (χ0n) is 16.0. The molecule has 154 valence electrons. The molecule has 1 amide bonds. The second-order valence-electron chi connectivity index (χ2n) is 8.42. The molecule has 3 fully saturated rings. The van der Waals surface area contributed by atoms with E-state index in [1.165, 1.54) is 37.8 Å². The van der Waals surface area contributed by atoms with Crippen LogP contribution in [-0.2, 0) is 17.4 Å². The maximum Gasteiger partial charge on any atom is 0.416 e. The van der Waals surface area contributed by atoms with Crippen LogP contribution in [0.4, 0.5) is 13.2 Å². The number of rotatable bonds is 4. The average Bonchev–Trinajstić information content (AvgIpc) is 2.68. The molecule has 4 rings (SSSR count). The van der Waals surface area contributed by atoms with E-state index in [2.05, 4.69) is 15.5 Å². The van der Waals surface area contributed by atoms with Crippen LogP contribution in [0.25, 0.3) is 0 Å². The Morgan fingerprint density at radius 1 is 1.18 bits per heavy atom. The SMILES string of the molecule is O=C(Cc1ccccc1C(F)(F)F)NC[C@H]1[C@@H]2CNC[C@@H](C2)[C@@H]2CCCCN21. The van der Waals surface area contributed by atoms with Crippen molar-refractivity contribution in [1.29, 1.82) is 0 Å². The normalized spacial score (nSPS) is 30.5. The lowest BCUT2D eigenvalue weighted by Crippen LogP contribution is -2.65. The summed E-state index contributed by atoms with van der Waals surface area (Å²) in [4.78, 5) is 15.0. The van der Waals surface area contributed by atoms with Gasteiger partial charge in [-0.05, 0) is 62.4 Å². The Balaban J connectivity index is 1.40. The molecule has 3 saturated heterocycles. The van der Waals surface area contributed by atoms with E-state index >= 15 is 0 Å². The molecular weight excluding hydrogens is 367 g/mol. The van der Waals surface area contributed by atoms with Crippen molar-refractivity contribution < 1.29 is 18.0 Å². The van der Waals surface area contributed by atoms with Gasteiger partial charge in [-0.1, -0.05) is 24.6 Å². The van der Waals surface area contributed by atoms with Gasteiger partial charge in [0.05, 0.1) is 12.0 Å². The fraction of sp³-hybridized carbons (Fsp3) is 0.667. The van der Waals surface area contributed by atoms with Gasteiger partial charge < -0.3 is 10.6 Å². The van der Waals surface area contributed by atoms with Gasteiger partial charge in [-0.25, -0.2) is 0 Å². The van der Waals surface area contributed by atoms with Gasteiger partial charge in [0, 0.05) is 18.6 Å². The Morgan fingerprint density at radius 2 is 1.96 bits per heavy atom. The van der Waals surface area contributed by atoms with E-state index in [0.717, 1.165) is 25.7 Å². The highest BCUT2D eigenvalue weighted by Gasteiger charge is 2.45. The number of hydrogen-bond acceptors (Lipinski definition) is 3. The first-order chi connectivity index (χ1) is 13.4. The predicted molar refractivity (Wildman–Crippen MR) is 101 cm³/mol. The van der Waals surface area contributed by atoms with E-state index in [1.54, 1.807) is 6.07 Å². The van der Waals surface area contributed by atoms with Gasteiger partial charge in [-0.15, -0.1) is 0 Å². The molecule has 3 aliphatic heterocycles. The Labute approximate surface area is 163 Å². The van der Waals surface area contributed by atoms with Crippen molar-refractivity contribution in [2.24, 2.45) is 11.8 Å². The maximum absolute atomic E-state index is 13.2. The highest BCUT2D eigenvalue weighted by Crippen LogP contribution is 2.38. The van der Waals surface area contributed by atoms with Crippen LogP contribution in [-0.4, -0.2) is 49.1 Å². The van der Waals surface area contributed by atoms with Crippen LogP contribution in [0, 0.1) is 11.8 Å². The molecule has 0 aromatic heterocycles. The predicted octanol–water partition coefficient (Wildman–Crippen LogP) is 2.83. The number of carbonyl (C=O) groups excluding carboxylic acids is 1. The number of piperidine rings is 3. The van der Waals surface area contributed by atoms with Crippen molar-refractivity contribution in [2.75, 3.05) is 26.2 Å². The molecular formula is C21H28F3N3O. The van der Waals surface area contributed by atoms with Crippen molar-refractivity contribution in [3.05, 3.63) is 35.4 Å². The Bertz CT molecular complexity index is 708. The number of halogens is 3. The first kappa shape index (κ1) is 19.7. The first-order valence-electron chi connectivity index (χ1n) is 10.3. The second kappa shape index (κ2) is 8.03. The van der Waals surface area contributed by atoms with Gasteiger partial charge in [-0.3, -0.25) is 9.69 Å². The average molecular weight is 395 g/mol. The summed E-state index contributed by atoms with van der Waals surface area (Å²) in [5.74, 6) is 0.844. The molecule has 2 bridgehead atoms. The summed E-state index contributed by atoms with van der Waals surface area (Å²) in [7, 11) is 0. The van der Waals surface area contributed by atoms with Gasteiger partial charge in [-0.2, -0.15) is 13.2 Å². The van der Waals surface area contributed by atoms with Crippen molar-refractivity contribution in [3.8, 4) is 0 Å². The molecule has 0 spiro atoms. The lowest BCUT2D eigenvalue weighted by molar-refractivity contribution is -0.138. The topological polar surface area (TPSA) is 44.4 Å². The van der Waals surface area contributed by atoms with Gasteiger partial charge in [0.2, 0.25) is 5.91 Å². The van der Waals surface area contributed by atoms with Gasteiger partial charge >= 0.3 is 6.18 Å². The van der Waals surface area contributed by atoms with E-state index in [1.807, 2.05) is 0 Å². The van der Waals surface area contributed by atoms with Crippen molar-refractivity contribution in [2.45, 2.75) is 50.4 Å². The summed E-state index contributed by atoms with van der Waals surface area (Å²) in [6.07, 6.45) is 0.165. The molecule has 4 atom stereocenters. The molecule has 1 aromatic rings. The number of alkyl halides is 3. The standard InChI is InChI=1S/C21H28F3N3O/c22-21(23,24)17-6-2-1-5-14(17)10-20(28)26-13-19-16-9-15(11-25-12-16)18-7-3-4-8-27(18)19/h1-2,5-6,15-16,18-19,25H,3-4,7-13H2,(H,26,28)/t15-,16+,18+,19+/m1/s1. The van der Waals surface area contributed by atoms with Crippen LogP contribution in [0.3, 0.4) is 0 Å². The molecule has 3 heterocycles. The molecule has 1 aromatic carbocycles. The number of fused-ring (bicyclic) bond motifs is 4. The molecule has 0 radical (unpaired) electrons. The van der Waals surface area contributed by atoms with Crippen LogP contribution in [0.15, 0.2) is 24.3 Å². The minimum atomic E-state index is -4.44. The minimum Gasteiger partial charge on any atom is -0.354 e. The van der Waals surface area contributed by atoms with Gasteiger partial charge in [0.25, 0.3) is 0 Å². The van der Waals surface area contributed by atoms with E-state index in [-0.39, 0.29) is 23.9 Å². The summed E-state index contributed by atoms with van der Waals surface area (Å²) < 4.78 is 39.5. The summed E-state index contributed by atoms with van der Waals surface area (Å²) in [6.45, 7) is 3.61. The van der Waals surface area contributed by atoms with E-state index in [4.69, 9.17) is 0 Å². The third-order valence-corrected chi connectivity index (χ3v) is 6.71. The molecule has 2 N–H and O–H groups in total. The third kappa shape index (κ3) is 4.06. The van der Waals surface area contributed by atoms with Crippen LogP contribution < -0.4 is 10.6 Å². The van der Waals surface area contributed by atoms with Crippen LogP contribution in [0.2, 0.25) is 0 Å². The van der Waals surface area contributed by atoms with E-state index in [9.17, 15) is 18.0 Å². The van der Waals surface area contributed by atoms with E-state index in [0.29, 0.717) is 24.4 Å². The third-order valence-electron chi connectivity index (χ3n) is 6.71. The zero-order chi connectivity index (χ0) is 19.7. The molecule has 28 heavy (non-hydrogen) atoms. The highest BCUT2D eigenvalue weighted by molar-refractivity contribution is 5.79. The fourth-order valence-corrected chi connectivity index (χ4v) is 5.45. The van der Waals surface area contributed by atoms with Gasteiger partial charge in [0.1, 0.15) is 0 Å². The lowest BCUT2D eigenvalue weighted by Gasteiger charge is -2.55. The van der Waals surface area contributed by atoms with E-state index < -0.39 is 11.7 Å². The number of benzene rings is 1. The lowest BCUT2D eigenvalue weighted by atomic mass is 9.73. The number of amides is 1. The van der Waals surface area contributed by atoms with Crippen molar-refractivity contribution in [3.63, 3.8) is 0 Å². The Kier molecular flexibility index (Phi) is 5.65. The Hall–Kier alpha value is -1.60. The first-order valence-corrected chi connectivity index (χ1v) is 10.3. The van der Waals surface area contributed by atoms with Crippen molar-refractivity contribution in [1.82, 2.24) is 15.5 Å². The number of carbonyl (C=O) groups is 1. The largest absolute Gasteiger partial charge is 0.416 e. The van der Waals surface area contributed by atoms with Crippen LogP contribution in [0.1, 0.15) is 36.8 Å². The summed E-state index contributed by atoms with van der Waals surface area (Å²) in [5, 5.41) is 6.48. The zero-order valence-corrected chi connectivity index (χ0v) is 16.0. The van der Waals surface area contributed by atoms with Crippen molar-refractivity contribution >= 4 is 5.91 Å². The minimum absolute atomic E-state index is 0.0337. The van der Waals surface area contributed by atoms with Gasteiger partial charge in [0.15, 0.2) is 0 Å². The number of nitrogens with zero attached hydrogens (tertiary/aromatic N) is 1. The smallest absolute Gasteiger partial charge is 0.354 e. The molecule has 4 nitrogen and oxygen atoms in total. The second-order valence-corrected chi connectivity index (χ2v) is 8.42. The van der Waals surface area contributed by atoms with Crippen LogP contribution in [0.5, 0.6) is 0 Å². The monoisotopic (exact) mass is 395 g/mol. The molecule has 0 saturated carbocycles. The number of hydrogen-bond donors (Lipinski definition) is 2. The summed E-state index contributed by atoms with van der Waals surface area (Å²) >= 11 is 0. The van der Waals surface area contributed by atoms with Crippen LogP contribution >= 0.6 is 0 Å². The molecule has 0 unspecified atom stereocenters.